The summed E-state index contributed by atoms with van der Waals surface area (Å²) in [4.78, 5) is 18.7. The van der Waals surface area contributed by atoms with Crippen molar-refractivity contribution < 1.29 is 27.8 Å². The SMILES string of the molecule is O=C(O)CC1CCc2c1[nH]c1ccc(OCc3cnc(C4CCCC4)c(C(F)(F)F)c3)cc21. The predicted octanol–water partition coefficient (Wildman–Crippen LogP) is 6.32. The van der Waals surface area contributed by atoms with E-state index in [-0.39, 0.29) is 30.6 Å². The normalized spacial score (nSPS) is 18.7. The third-order valence-electron chi connectivity index (χ3n) is 6.91. The molecule has 2 aliphatic rings. The highest BCUT2D eigenvalue weighted by atomic mass is 19.4. The summed E-state index contributed by atoms with van der Waals surface area (Å²) in [6.07, 6.45) is 2.10. The number of aryl methyl sites for hydroxylation is 1. The van der Waals surface area contributed by atoms with Gasteiger partial charge in [-0.25, -0.2) is 0 Å². The lowest BCUT2D eigenvalue weighted by molar-refractivity contribution is -0.139. The van der Waals surface area contributed by atoms with Crippen molar-refractivity contribution in [1.29, 1.82) is 0 Å². The van der Waals surface area contributed by atoms with E-state index in [4.69, 9.17) is 9.84 Å². The second-order valence-electron chi connectivity index (χ2n) is 9.10. The van der Waals surface area contributed by atoms with Crippen molar-refractivity contribution >= 4 is 16.9 Å². The molecule has 1 fully saturated rings. The zero-order valence-electron chi connectivity index (χ0n) is 18.0. The summed E-state index contributed by atoms with van der Waals surface area (Å²) in [6.45, 7) is -0.0131. The van der Waals surface area contributed by atoms with Gasteiger partial charge in [0.15, 0.2) is 0 Å². The van der Waals surface area contributed by atoms with Crippen LogP contribution in [0.3, 0.4) is 0 Å². The maximum atomic E-state index is 13.7. The van der Waals surface area contributed by atoms with Crippen molar-refractivity contribution in [2.24, 2.45) is 0 Å². The minimum absolute atomic E-state index is 0.0131. The van der Waals surface area contributed by atoms with Crippen LogP contribution in [0, 0.1) is 0 Å². The molecule has 1 saturated carbocycles. The number of nitrogens with zero attached hydrogens (tertiary/aromatic N) is 1. The first-order chi connectivity index (χ1) is 15.8. The highest BCUT2D eigenvalue weighted by Gasteiger charge is 2.37. The number of hydrogen-bond acceptors (Lipinski definition) is 3. The maximum absolute atomic E-state index is 13.7. The van der Waals surface area contributed by atoms with Crippen LogP contribution in [-0.2, 0) is 24.0 Å². The Morgan fingerprint density at radius 1 is 1.18 bits per heavy atom. The van der Waals surface area contributed by atoms with Crippen molar-refractivity contribution in [1.82, 2.24) is 9.97 Å². The lowest BCUT2D eigenvalue weighted by Crippen LogP contribution is -2.14. The van der Waals surface area contributed by atoms with E-state index >= 15 is 0 Å². The lowest BCUT2D eigenvalue weighted by Gasteiger charge is -2.18. The second kappa shape index (κ2) is 8.39. The van der Waals surface area contributed by atoms with E-state index in [1.54, 1.807) is 6.07 Å². The molecule has 8 heteroatoms. The number of aromatic nitrogens is 2. The van der Waals surface area contributed by atoms with Gasteiger partial charge >= 0.3 is 12.1 Å². The molecule has 174 valence electrons. The Hall–Kier alpha value is -3.03. The van der Waals surface area contributed by atoms with Crippen LogP contribution in [0.4, 0.5) is 13.2 Å². The second-order valence-corrected chi connectivity index (χ2v) is 9.10. The average Bonchev–Trinajstić information content (AvgIpc) is 3.49. The zero-order valence-corrected chi connectivity index (χ0v) is 18.0. The number of carboxylic acid groups (broad SMARTS) is 1. The van der Waals surface area contributed by atoms with Gasteiger partial charge in [-0.1, -0.05) is 12.8 Å². The van der Waals surface area contributed by atoms with E-state index in [0.717, 1.165) is 60.7 Å². The number of carbonyl (C=O) groups is 1. The summed E-state index contributed by atoms with van der Waals surface area (Å²) in [6, 6.07) is 6.68. The Bertz CT molecular complexity index is 1200. The number of benzene rings is 1. The Morgan fingerprint density at radius 2 is 1.97 bits per heavy atom. The van der Waals surface area contributed by atoms with E-state index < -0.39 is 17.7 Å². The van der Waals surface area contributed by atoms with Gasteiger partial charge in [0.05, 0.1) is 17.7 Å². The first-order valence-electron chi connectivity index (χ1n) is 11.3. The van der Waals surface area contributed by atoms with Crippen LogP contribution in [0.1, 0.15) is 78.4 Å². The number of alkyl halides is 3. The molecule has 2 aromatic heterocycles. The fourth-order valence-electron chi connectivity index (χ4n) is 5.35. The molecule has 3 aromatic rings. The van der Waals surface area contributed by atoms with E-state index in [0.29, 0.717) is 11.3 Å². The molecule has 2 heterocycles. The van der Waals surface area contributed by atoms with Crippen LogP contribution >= 0.6 is 0 Å². The van der Waals surface area contributed by atoms with Gasteiger partial charge in [-0.15, -0.1) is 0 Å². The molecule has 0 saturated heterocycles. The molecule has 0 radical (unpaired) electrons. The number of ether oxygens (including phenoxy) is 1. The van der Waals surface area contributed by atoms with Gasteiger partial charge in [-0.3, -0.25) is 9.78 Å². The highest BCUT2D eigenvalue weighted by molar-refractivity contribution is 5.87. The fraction of sp³-hybridized carbons (Fsp3) is 0.440. The summed E-state index contributed by atoms with van der Waals surface area (Å²) < 4.78 is 46.9. The van der Waals surface area contributed by atoms with Crippen molar-refractivity contribution in [3.63, 3.8) is 0 Å². The van der Waals surface area contributed by atoms with Crippen LogP contribution in [0.5, 0.6) is 5.75 Å². The number of aromatic amines is 1. The van der Waals surface area contributed by atoms with Crippen LogP contribution in [0.2, 0.25) is 0 Å². The number of hydrogen-bond donors (Lipinski definition) is 2. The molecule has 1 aromatic carbocycles. The van der Waals surface area contributed by atoms with Gasteiger partial charge in [-0.2, -0.15) is 13.2 Å². The maximum Gasteiger partial charge on any atom is 0.418 e. The number of carboxylic acids is 1. The third kappa shape index (κ3) is 4.30. The standard InChI is InChI=1S/C25H25F3N2O3/c26-25(27,28)20-9-14(12-29-24(20)15-3-1-2-4-15)13-33-17-6-8-21-19(11-17)18-7-5-16(10-22(31)32)23(18)30-21/h6,8-9,11-12,15-16,30H,1-5,7,10,13H2,(H,31,32). The Balaban J connectivity index is 1.36. The first-order valence-corrected chi connectivity index (χ1v) is 11.3. The Kier molecular flexibility index (Phi) is 5.54. The van der Waals surface area contributed by atoms with Gasteiger partial charge < -0.3 is 14.8 Å². The van der Waals surface area contributed by atoms with Crippen molar-refractivity contribution in [3.8, 4) is 5.75 Å². The molecule has 1 atom stereocenters. The quantitative estimate of drug-likeness (QED) is 0.453. The molecular formula is C25H25F3N2O3. The van der Waals surface area contributed by atoms with E-state index in [9.17, 15) is 18.0 Å². The van der Waals surface area contributed by atoms with Crippen LogP contribution in [0.25, 0.3) is 10.9 Å². The summed E-state index contributed by atoms with van der Waals surface area (Å²) in [5.74, 6) is -0.417. The minimum atomic E-state index is -4.45. The van der Waals surface area contributed by atoms with E-state index in [1.807, 2.05) is 12.1 Å². The summed E-state index contributed by atoms with van der Waals surface area (Å²) in [5, 5.41) is 10.1. The number of aliphatic carboxylic acids is 1. The molecule has 33 heavy (non-hydrogen) atoms. The van der Waals surface area contributed by atoms with Gasteiger partial charge in [0.2, 0.25) is 0 Å². The molecule has 0 spiro atoms. The van der Waals surface area contributed by atoms with Gasteiger partial charge in [0.25, 0.3) is 0 Å². The number of nitrogens with one attached hydrogen (secondary N) is 1. The smallest absolute Gasteiger partial charge is 0.418 e. The predicted molar refractivity (Wildman–Crippen MR) is 116 cm³/mol. The summed E-state index contributed by atoms with van der Waals surface area (Å²) in [5.41, 5.74) is 2.85. The number of halogens is 3. The van der Waals surface area contributed by atoms with Crippen LogP contribution in [-0.4, -0.2) is 21.0 Å². The fourth-order valence-corrected chi connectivity index (χ4v) is 5.35. The first kappa shape index (κ1) is 21.8. The van der Waals surface area contributed by atoms with E-state index in [1.165, 1.54) is 12.3 Å². The highest BCUT2D eigenvalue weighted by Crippen LogP contribution is 2.42. The Morgan fingerprint density at radius 3 is 2.70 bits per heavy atom. The molecule has 0 bridgehead atoms. The topological polar surface area (TPSA) is 75.2 Å². The molecule has 1 unspecified atom stereocenters. The van der Waals surface area contributed by atoms with Gasteiger partial charge in [0.1, 0.15) is 12.4 Å². The van der Waals surface area contributed by atoms with E-state index in [2.05, 4.69) is 9.97 Å². The molecule has 5 rings (SSSR count). The van der Waals surface area contributed by atoms with Crippen molar-refractivity contribution in [3.05, 3.63) is 58.5 Å². The Labute approximate surface area is 189 Å². The molecule has 2 N–H and O–H groups in total. The minimum Gasteiger partial charge on any atom is -0.489 e. The number of pyridine rings is 1. The zero-order chi connectivity index (χ0) is 23.2. The van der Waals surface area contributed by atoms with Crippen molar-refractivity contribution in [2.45, 2.75) is 69.6 Å². The monoisotopic (exact) mass is 458 g/mol. The van der Waals surface area contributed by atoms with Crippen LogP contribution in [0.15, 0.2) is 30.5 Å². The third-order valence-corrected chi connectivity index (χ3v) is 6.91. The van der Waals surface area contributed by atoms with Gasteiger partial charge in [0, 0.05) is 40.2 Å². The molecule has 0 aliphatic heterocycles. The number of rotatable bonds is 6. The summed E-state index contributed by atoms with van der Waals surface area (Å²) >= 11 is 0. The molecule has 0 amide bonds. The lowest BCUT2D eigenvalue weighted by atomic mass is 9.97. The largest absolute Gasteiger partial charge is 0.489 e. The van der Waals surface area contributed by atoms with Crippen molar-refractivity contribution in [2.75, 3.05) is 0 Å². The van der Waals surface area contributed by atoms with Gasteiger partial charge in [-0.05, 0) is 55.5 Å². The molecule has 2 aliphatic carbocycles. The number of H-pyrrole nitrogens is 1. The number of fused-ring (bicyclic) bond motifs is 3. The average molecular weight is 458 g/mol. The van der Waals surface area contributed by atoms with Crippen LogP contribution < -0.4 is 4.74 Å². The molecular weight excluding hydrogens is 433 g/mol. The summed E-state index contributed by atoms with van der Waals surface area (Å²) in [7, 11) is 0. The molecule has 5 nitrogen and oxygen atoms in total.